The largest absolute Gasteiger partial charge is 0.366 e. The molecule has 4 aromatic rings. The fourth-order valence-corrected chi connectivity index (χ4v) is 3.32. The minimum atomic E-state index is -0.429. The summed E-state index contributed by atoms with van der Waals surface area (Å²) in [6.07, 6.45) is 5.39. The highest BCUT2D eigenvalue weighted by Gasteiger charge is 2.33. The first-order valence-electron chi connectivity index (χ1n) is 8.22. The van der Waals surface area contributed by atoms with Crippen LogP contribution in [-0.4, -0.2) is 40.7 Å². The van der Waals surface area contributed by atoms with Gasteiger partial charge in [-0.05, 0) is 20.8 Å². The van der Waals surface area contributed by atoms with Crippen LogP contribution >= 0.6 is 0 Å². The maximum Gasteiger partial charge on any atom is 0.165 e. The van der Waals surface area contributed by atoms with E-state index >= 15 is 0 Å². The smallest absolute Gasteiger partial charge is 0.165 e. The highest BCUT2D eigenvalue weighted by molar-refractivity contribution is 5.77. The van der Waals surface area contributed by atoms with Crippen LogP contribution in [0.3, 0.4) is 0 Å². The Kier molecular flexibility index (Phi) is 2.79. The Morgan fingerprint density at radius 3 is 2.96 bits per heavy atom. The van der Waals surface area contributed by atoms with E-state index in [1.807, 2.05) is 33.0 Å². The fraction of sp³-hybridized carbons (Fsp3) is 0.353. The average Bonchev–Trinajstić information content (AvgIpc) is 3.19. The van der Waals surface area contributed by atoms with Crippen LogP contribution in [0.15, 0.2) is 24.7 Å². The lowest BCUT2D eigenvalue weighted by Crippen LogP contribution is -2.33. The molecule has 0 atom stereocenters. The van der Waals surface area contributed by atoms with Crippen molar-refractivity contribution < 1.29 is 4.74 Å². The van der Waals surface area contributed by atoms with Gasteiger partial charge in [-0.1, -0.05) is 0 Å². The van der Waals surface area contributed by atoms with Crippen LogP contribution in [0, 0.1) is 6.92 Å². The molecule has 1 aliphatic rings. The molecule has 5 heterocycles. The van der Waals surface area contributed by atoms with E-state index in [0.29, 0.717) is 12.4 Å². The van der Waals surface area contributed by atoms with Crippen molar-refractivity contribution in [2.24, 2.45) is 0 Å². The first-order valence-corrected chi connectivity index (χ1v) is 8.22. The number of rotatable bonds is 1. The molecule has 0 bridgehead atoms. The average molecular weight is 335 g/mol. The van der Waals surface area contributed by atoms with E-state index in [4.69, 9.17) is 14.7 Å². The van der Waals surface area contributed by atoms with Crippen LogP contribution in [0.1, 0.15) is 25.4 Å². The Balaban J connectivity index is 1.75. The third-order valence-corrected chi connectivity index (χ3v) is 4.59. The second-order valence-corrected chi connectivity index (χ2v) is 6.73. The van der Waals surface area contributed by atoms with Crippen LogP contribution in [-0.2, 0) is 16.9 Å². The topological polar surface area (TPSA) is 83.0 Å². The van der Waals surface area contributed by atoms with E-state index in [9.17, 15) is 0 Å². The zero-order chi connectivity index (χ0) is 17.2. The predicted octanol–water partition coefficient (Wildman–Crippen LogP) is 2.11. The van der Waals surface area contributed by atoms with Crippen LogP contribution in [0.5, 0.6) is 0 Å². The van der Waals surface area contributed by atoms with Gasteiger partial charge in [0, 0.05) is 25.0 Å². The summed E-state index contributed by atoms with van der Waals surface area (Å²) in [6.45, 7) is 7.40. The van der Waals surface area contributed by atoms with Crippen molar-refractivity contribution in [1.29, 1.82) is 0 Å². The van der Waals surface area contributed by atoms with Gasteiger partial charge in [-0.2, -0.15) is 5.10 Å². The lowest BCUT2D eigenvalue weighted by molar-refractivity contribution is -0.0530. The van der Waals surface area contributed by atoms with Crippen molar-refractivity contribution in [3.8, 4) is 11.4 Å². The predicted molar refractivity (Wildman–Crippen MR) is 91.0 cm³/mol. The number of fused-ring (bicyclic) bond motifs is 4. The summed E-state index contributed by atoms with van der Waals surface area (Å²) in [5.41, 5.74) is 3.70. The molecule has 4 aromatic heterocycles. The van der Waals surface area contributed by atoms with Crippen LogP contribution in [0.4, 0.5) is 0 Å². The summed E-state index contributed by atoms with van der Waals surface area (Å²) in [6, 6.07) is 1.86. The molecule has 8 nitrogen and oxygen atoms in total. The number of nitrogens with zero attached hydrogens (tertiary/aromatic N) is 7. The van der Waals surface area contributed by atoms with Gasteiger partial charge in [0.2, 0.25) is 0 Å². The van der Waals surface area contributed by atoms with Gasteiger partial charge in [0.25, 0.3) is 0 Å². The van der Waals surface area contributed by atoms with Gasteiger partial charge >= 0.3 is 0 Å². The number of hydrogen-bond acceptors (Lipinski definition) is 6. The molecular formula is C17H17N7O. The molecule has 5 rings (SSSR count). The van der Waals surface area contributed by atoms with E-state index in [1.165, 1.54) is 0 Å². The minimum absolute atomic E-state index is 0.429. The third kappa shape index (κ3) is 2.07. The van der Waals surface area contributed by atoms with Gasteiger partial charge in [0.05, 0.1) is 24.1 Å². The van der Waals surface area contributed by atoms with Gasteiger partial charge in [-0.25, -0.2) is 24.5 Å². The van der Waals surface area contributed by atoms with Crippen molar-refractivity contribution in [1.82, 2.24) is 34.1 Å². The summed E-state index contributed by atoms with van der Waals surface area (Å²) >= 11 is 0. The Bertz CT molecular complexity index is 1120. The van der Waals surface area contributed by atoms with E-state index in [0.717, 1.165) is 40.4 Å². The minimum Gasteiger partial charge on any atom is -0.366 e. The standard InChI is InChI=1S/C17H17N7O/c1-10-13-15(23-6-7-25-17(2,3)16(23)21-13)22-14(20-10)11-8-18-12-4-5-19-24(12)9-11/h4-5,8-9H,6-7H2,1-3H3. The van der Waals surface area contributed by atoms with Gasteiger partial charge in [0.1, 0.15) is 16.9 Å². The van der Waals surface area contributed by atoms with Crippen LogP contribution in [0.25, 0.3) is 28.2 Å². The first kappa shape index (κ1) is 14.5. The summed E-state index contributed by atoms with van der Waals surface area (Å²) in [5, 5.41) is 4.23. The van der Waals surface area contributed by atoms with Gasteiger partial charge in [-0.15, -0.1) is 0 Å². The second-order valence-electron chi connectivity index (χ2n) is 6.73. The van der Waals surface area contributed by atoms with E-state index in [2.05, 4.69) is 19.6 Å². The summed E-state index contributed by atoms with van der Waals surface area (Å²) in [7, 11) is 0. The number of hydrogen-bond donors (Lipinski definition) is 0. The molecule has 0 N–H and O–H groups in total. The van der Waals surface area contributed by atoms with E-state index in [-0.39, 0.29) is 0 Å². The van der Waals surface area contributed by atoms with Crippen molar-refractivity contribution in [2.45, 2.75) is 32.9 Å². The Hall–Kier alpha value is -2.87. The highest BCUT2D eigenvalue weighted by atomic mass is 16.5. The quantitative estimate of drug-likeness (QED) is 0.530. The number of ether oxygens (including phenoxy) is 1. The molecule has 1 aliphatic heterocycles. The monoisotopic (exact) mass is 335 g/mol. The van der Waals surface area contributed by atoms with Crippen LogP contribution < -0.4 is 0 Å². The lowest BCUT2D eigenvalue weighted by Gasteiger charge is -2.30. The van der Waals surface area contributed by atoms with Crippen molar-refractivity contribution >= 4 is 16.8 Å². The molecule has 0 aromatic carbocycles. The molecule has 126 valence electrons. The second kappa shape index (κ2) is 4.82. The Morgan fingerprint density at radius 2 is 2.08 bits per heavy atom. The van der Waals surface area contributed by atoms with Crippen LogP contribution in [0.2, 0.25) is 0 Å². The maximum absolute atomic E-state index is 5.86. The molecular weight excluding hydrogens is 318 g/mol. The zero-order valence-corrected chi connectivity index (χ0v) is 14.3. The van der Waals surface area contributed by atoms with Gasteiger partial charge < -0.3 is 9.30 Å². The molecule has 25 heavy (non-hydrogen) atoms. The van der Waals surface area contributed by atoms with E-state index in [1.54, 1.807) is 16.9 Å². The zero-order valence-electron chi connectivity index (χ0n) is 14.3. The summed E-state index contributed by atoms with van der Waals surface area (Å²) in [4.78, 5) is 18.6. The molecule has 0 amide bonds. The Morgan fingerprint density at radius 1 is 1.20 bits per heavy atom. The summed E-state index contributed by atoms with van der Waals surface area (Å²) < 4.78 is 9.72. The third-order valence-electron chi connectivity index (χ3n) is 4.59. The molecule has 0 fully saturated rings. The fourth-order valence-electron chi connectivity index (χ4n) is 3.32. The van der Waals surface area contributed by atoms with Crippen molar-refractivity contribution in [3.05, 3.63) is 36.2 Å². The molecule has 0 saturated heterocycles. The van der Waals surface area contributed by atoms with Gasteiger partial charge in [-0.3, -0.25) is 0 Å². The summed E-state index contributed by atoms with van der Waals surface area (Å²) in [5.74, 6) is 1.52. The molecule has 0 unspecified atom stereocenters. The molecule has 0 spiro atoms. The highest BCUT2D eigenvalue weighted by Crippen LogP contribution is 2.32. The van der Waals surface area contributed by atoms with Crippen molar-refractivity contribution in [3.63, 3.8) is 0 Å². The lowest BCUT2D eigenvalue weighted by atomic mass is 10.1. The Labute approximate surface area is 143 Å². The molecule has 0 aliphatic carbocycles. The molecule has 0 saturated carbocycles. The number of aromatic nitrogens is 7. The SMILES string of the molecule is Cc1nc(-c2cnc3ccnn3c2)nc2c1nc1n2CCOC1(C)C. The normalized spacial score (nSPS) is 16.4. The van der Waals surface area contributed by atoms with Crippen molar-refractivity contribution in [2.75, 3.05) is 6.61 Å². The molecule has 8 heteroatoms. The van der Waals surface area contributed by atoms with E-state index < -0.39 is 5.60 Å². The first-order chi connectivity index (χ1) is 12.0. The molecule has 0 radical (unpaired) electrons. The maximum atomic E-state index is 5.86. The van der Waals surface area contributed by atoms with Gasteiger partial charge in [0.15, 0.2) is 17.1 Å². The number of imidazole rings is 1. The number of aryl methyl sites for hydroxylation is 1.